The van der Waals surface area contributed by atoms with Gasteiger partial charge in [-0.15, -0.1) is 0 Å². The number of hydrogen-bond donors (Lipinski definition) is 3. The van der Waals surface area contributed by atoms with Gasteiger partial charge in [-0.2, -0.15) is 0 Å². The first-order valence-electron chi connectivity index (χ1n) is 7.32. The molecule has 0 aliphatic heterocycles. The second-order valence-electron chi connectivity index (χ2n) is 5.83. The van der Waals surface area contributed by atoms with Gasteiger partial charge in [-0.3, -0.25) is 9.59 Å². The van der Waals surface area contributed by atoms with Gasteiger partial charge < -0.3 is 16.0 Å². The van der Waals surface area contributed by atoms with E-state index in [2.05, 4.69) is 10.3 Å². The SMILES string of the molecule is Cc1cc(C(=O)N[C@H]2Cc3ccccc3[C@@H]2N)c(=O)[nH]c1C. The number of H-pyrrole nitrogens is 1. The van der Waals surface area contributed by atoms with Gasteiger partial charge in [-0.25, -0.2) is 0 Å². The van der Waals surface area contributed by atoms with E-state index in [1.807, 2.05) is 38.1 Å². The molecule has 114 valence electrons. The zero-order valence-corrected chi connectivity index (χ0v) is 12.6. The van der Waals surface area contributed by atoms with Crippen LogP contribution in [0.1, 0.15) is 38.8 Å². The smallest absolute Gasteiger partial charge is 0.261 e. The average molecular weight is 297 g/mol. The Morgan fingerprint density at radius 3 is 2.77 bits per heavy atom. The van der Waals surface area contributed by atoms with E-state index in [-0.39, 0.29) is 29.1 Å². The van der Waals surface area contributed by atoms with Crippen LogP contribution >= 0.6 is 0 Å². The summed E-state index contributed by atoms with van der Waals surface area (Å²) >= 11 is 0. The maximum absolute atomic E-state index is 12.4. The van der Waals surface area contributed by atoms with Gasteiger partial charge in [0.25, 0.3) is 11.5 Å². The number of carbonyl (C=O) groups is 1. The Morgan fingerprint density at radius 1 is 1.32 bits per heavy atom. The van der Waals surface area contributed by atoms with Crippen molar-refractivity contribution in [2.45, 2.75) is 32.4 Å². The number of aromatic amines is 1. The van der Waals surface area contributed by atoms with Crippen LogP contribution in [0.25, 0.3) is 0 Å². The van der Waals surface area contributed by atoms with Crippen LogP contribution in [-0.2, 0) is 6.42 Å². The fourth-order valence-corrected chi connectivity index (χ4v) is 2.91. The maximum Gasteiger partial charge on any atom is 0.261 e. The van der Waals surface area contributed by atoms with Crippen LogP contribution in [-0.4, -0.2) is 16.9 Å². The molecule has 1 amide bonds. The molecule has 0 saturated carbocycles. The molecular formula is C17H19N3O2. The van der Waals surface area contributed by atoms with Gasteiger partial charge in [-0.1, -0.05) is 24.3 Å². The third-order valence-corrected chi connectivity index (χ3v) is 4.35. The highest BCUT2D eigenvalue weighted by Gasteiger charge is 2.31. The first-order chi connectivity index (χ1) is 10.5. The summed E-state index contributed by atoms with van der Waals surface area (Å²) in [7, 11) is 0. The van der Waals surface area contributed by atoms with Gasteiger partial charge in [-0.05, 0) is 43.0 Å². The largest absolute Gasteiger partial charge is 0.347 e. The fraction of sp³-hybridized carbons (Fsp3) is 0.294. The number of nitrogens with two attached hydrogens (primary N) is 1. The van der Waals surface area contributed by atoms with Gasteiger partial charge >= 0.3 is 0 Å². The minimum Gasteiger partial charge on any atom is -0.347 e. The molecule has 0 fully saturated rings. The summed E-state index contributed by atoms with van der Waals surface area (Å²) < 4.78 is 0. The molecule has 0 radical (unpaired) electrons. The van der Waals surface area contributed by atoms with Crippen LogP contribution in [0.4, 0.5) is 0 Å². The summed E-state index contributed by atoms with van der Waals surface area (Å²) in [6.07, 6.45) is 0.686. The van der Waals surface area contributed by atoms with E-state index in [0.29, 0.717) is 6.42 Å². The standard InChI is InChI=1S/C17H19N3O2/c1-9-7-13(16(21)19-10(9)2)17(22)20-14-8-11-5-3-4-6-12(11)15(14)18/h3-7,14-15H,8,18H2,1-2H3,(H,19,21)(H,20,22)/t14-,15-/m0/s1. The first-order valence-corrected chi connectivity index (χ1v) is 7.32. The molecule has 2 atom stereocenters. The molecule has 3 rings (SSSR count). The topological polar surface area (TPSA) is 88.0 Å². The molecule has 22 heavy (non-hydrogen) atoms. The highest BCUT2D eigenvalue weighted by Crippen LogP contribution is 2.29. The summed E-state index contributed by atoms with van der Waals surface area (Å²) in [5, 5.41) is 2.90. The molecule has 0 saturated heterocycles. The quantitative estimate of drug-likeness (QED) is 0.781. The predicted molar refractivity (Wildman–Crippen MR) is 84.9 cm³/mol. The summed E-state index contributed by atoms with van der Waals surface area (Å²) in [6, 6.07) is 9.09. The normalized spacial score (nSPS) is 19.8. The van der Waals surface area contributed by atoms with E-state index in [9.17, 15) is 9.59 Å². The Labute approximate surface area is 128 Å². The van der Waals surface area contributed by atoms with Crippen molar-refractivity contribution < 1.29 is 4.79 Å². The average Bonchev–Trinajstić information content (AvgIpc) is 2.80. The molecule has 1 aromatic carbocycles. The minimum absolute atomic E-state index is 0.131. The molecule has 0 bridgehead atoms. The highest BCUT2D eigenvalue weighted by molar-refractivity contribution is 5.94. The zero-order valence-electron chi connectivity index (χ0n) is 12.6. The van der Waals surface area contributed by atoms with E-state index >= 15 is 0 Å². The molecular weight excluding hydrogens is 278 g/mol. The molecule has 2 aromatic rings. The predicted octanol–water partition coefficient (Wildman–Crippen LogP) is 1.35. The number of aromatic nitrogens is 1. The van der Waals surface area contributed by atoms with Gasteiger partial charge in [0.1, 0.15) is 5.56 Å². The monoisotopic (exact) mass is 297 g/mol. The van der Waals surface area contributed by atoms with Crippen LogP contribution in [0.3, 0.4) is 0 Å². The second kappa shape index (κ2) is 5.42. The lowest BCUT2D eigenvalue weighted by Gasteiger charge is -2.18. The number of rotatable bonds is 2. The number of carbonyl (C=O) groups excluding carboxylic acids is 1. The third-order valence-electron chi connectivity index (χ3n) is 4.35. The molecule has 1 heterocycles. The van der Waals surface area contributed by atoms with Crippen LogP contribution in [0, 0.1) is 13.8 Å². The number of hydrogen-bond acceptors (Lipinski definition) is 3. The van der Waals surface area contributed by atoms with Crippen LogP contribution in [0.15, 0.2) is 35.1 Å². The summed E-state index contributed by atoms with van der Waals surface area (Å²) in [6.45, 7) is 3.67. The number of fused-ring (bicyclic) bond motifs is 1. The molecule has 4 N–H and O–H groups in total. The van der Waals surface area contributed by atoms with Crippen molar-refractivity contribution in [2.24, 2.45) is 5.73 Å². The van der Waals surface area contributed by atoms with Gasteiger partial charge in [0.15, 0.2) is 0 Å². The van der Waals surface area contributed by atoms with Crippen molar-refractivity contribution in [3.05, 3.63) is 68.6 Å². The van der Waals surface area contributed by atoms with Crippen molar-refractivity contribution >= 4 is 5.91 Å². The number of pyridine rings is 1. The van der Waals surface area contributed by atoms with Crippen molar-refractivity contribution in [1.29, 1.82) is 0 Å². The fourth-order valence-electron chi connectivity index (χ4n) is 2.91. The Kier molecular flexibility index (Phi) is 3.58. The first kappa shape index (κ1) is 14.5. The molecule has 0 unspecified atom stereocenters. The summed E-state index contributed by atoms with van der Waals surface area (Å²) in [5.41, 5.74) is 9.82. The Bertz CT molecular complexity index is 795. The van der Waals surface area contributed by atoms with Crippen LogP contribution < -0.4 is 16.6 Å². The molecule has 5 heteroatoms. The van der Waals surface area contributed by atoms with E-state index in [1.54, 1.807) is 6.07 Å². The Morgan fingerprint density at radius 2 is 2.05 bits per heavy atom. The lowest BCUT2D eigenvalue weighted by atomic mass is 10.1. The van der Waals surface area contributed by atoms with E-state index < -0.39 is 0 Å². The van der Waals surface area contributed by atoms with E-state index in [0.717, 1.165) is 22.4 Å². The highest BCUT2D eigenvalue weighted by atomic mass is 16.2. The van der Waals surface area contributed by atoms with E-state index in [4.69, 9.17) is 5.73 Å². The van der Waals surface area contributed by atoms with Crippen LogP contribution in [0.5, 0.6) is 0 Å². The Balaban J connectivity index is 1.82. The lowest BCUT2D eigenvalue weighted by Crippen LogP contribution is -2.42. The van der Waals surface area contributed by atoms with Crippen molar-refractivity contribution in [3.63, 3.8) is 0 Å². The van der Waals surface area contributed by atoms with Crippen molar-refractivity contribution in [2.75, 3.05) is 0 Å². The Hall–Kier alpha value is -2.40. The van der Waals surface area contributed by atoms with Crippen LogP contribution in [0.2, 0.25) is 0 Å². The molecule has 1 aromatic heterocycles. The summed E-state index contributed by atoms with van der Waals surface area (Å²) in [4.78, 5) is 27.0. The molecule has 1 aliphatic rings. The maximum atomic E-state index is 12.4. The zero-order chi connectivity index (χ0) is 15.9. The third kappa shape index (κ3) is 2.44. The number of nitrogens with one attached hydrogen (secondary N) is 2. The van der Waals surface area contributed by atoms with E-state index in [1.165, 1.54) is 0 Å². The number of benzene rings is 1. The molecule has 1 aliphatic carbocycles. The summed E-state index contributed by atoms with van der Waals surface area (Å²) in [5.74, 6) is -0.377. The number of amides is 1. The van der Waals surface area contributed by atoms with Crippen molar-refractivity contribution in [3.8, 4) is 0 Å². The minimum atomic E-state index is -0.377. The second-order valence-corrected chi connectivity index (χ2v) is 5.83. The van der Waals surface area contributed by atoms with Gasteiger partial charge in [0.2, 0.25) is 0 Å². The lowest BCUT2D eigenvalue weighted by molar-refractivity contribution is 0.0931. The molecule has 0 spiro atoms. The van der Waals surface area contributed by atoms with Gasteiger partial charge in [0, 0.05) is 5.69 Å². The van der Waals surface area contributed by atoms with Gasteiger partial charge in [0.05, 0.1) is 12.1 Å². The van der Waals surface area contributed by atoms with Crippen molar-refractivity contribution in [1.82, 2.24) is 10.3 Å². The number of aryl methyl sites for hydroxylation is 2. The molecule has 5 nitrogen and oxygen atoms in total.